The lowest BCUT2D eigenvalue weighted by Crippen LogP contribution is -2.28. The van der Waals surface area contributed by atoms with Gasteiger partial charge in [0.2, 0.25) is 5.91 Å². The zero-order chi connectivity index (χ0) is 19.6. The van der Waals surface area contributed by atoms with Crippen LogP contribution in [0.2, 0.25) is 0 Å². The Morgan fingerprint density at radius 2 is 1.77 bits per heavy atom. The minimum absolute atomic E-state index is 0.0487. The predicted octanol–water partition coefficient (Wildman–Crippen LogP) is 4.69. The van der Waals surface area contributed by atoms with Crippen LogP contribution in [0.25, 0.3) is 0 Å². The van der Waals surface area contributed by atoms with E-state index in [9.17, 15) is 4.79 Å². The van der Waals surface area contributed by atoms with Crippen LogP contribution in [0.4, 0.5) is 0 Å². The summed E-state index contributed by atoms with van der Waals surface area (Å²) in [4.78, 5) is 17.9. The van der Waals surface area contributed by atoms with Gasteiger partial charge in [0.15, 0.2) is 0 Å². The molecule has 1 amide bonds. The summed E-state index contributed by atoms with van der Waals surface area (Å²) in [6.45, 7) is 18.8. The van der Waals surface area contributed by atoms with Crippen LogP contribution in [0, 0.1) is 12.3 Å². The molecule has 0 unspecified atom stereocenters. The van der Waals surface area contributed by atoms with Crippen molar-refractivity contribution in [3.63, 3.8) is 0 Å². The monoisotopic (exact) mass is 357 g/mol. The molecule has 0 aliphatic carbocycles. The molecule has 0 fully saturated rings. The minimum Gasteiger partial charge on any atom is -0.311 e. The smallest absolute Gasteiger partial charge is 0.225 e. The molecule has 144 valence electrons. The van der Waals surface area contributed by atoms with Gasteiger partial charge in [-0.15, -0.1) is 0 Å². The first-order chi connectivity index (χ1) is 12.2. The van der Waals surface area contributed by atoms with Gasteiger partial charge in [-0.3, -0.25) is 9.69 Å². The number of carbonyl (C=O) groups is 1. The average Bonchev–Trinajstić information content (AvgIpc) is 2.55. The summed E-state index contributed by atoms with van der Waals surface area (Å²) in [7, 11) is 0. The van der Waals surface area contributed by atoms with Crippen LogP contribution in [0.5, 0.6) is 0 Å². The topological polar surface area (TPSA) is 44.7 Å². The third-order valence-corrected chi connectivity index (χ3v) is 4.28. The van der Waals surface area contributed by atoms with Crippen LogP contribution in [-0.4, -0.2) is 30.6 Å². The maximum absolute atomic E-state index is 11.9. The molecule has 1 rings (SSSR count). The number of nitrogens with zero attached hydrogens (tertiary/aromatic N) is 2. The minimum atomic E-state index is -0.0487. The zero-order valence-corrected chi connectivity index (χ0v) is 17.0. The molecule has 0 aliphatic heterocycles. The van der Waals surface area contributed by atoms with E-state index in [0.717, 1.165) is 26.1 Å². The van der Waals surface area contributed by atoms with Crippen molar-refractivity contribution >= 4 is 12.6 Å². The molecule has 0 heterocycles. The SMILES string of the molecule is C=NC(=C)NC(=O)CCCN(CCCC(C)(C)C)Cc1ccc(C)cc1. The van der Waals surface area contributed by atoms with E-state index in [1.54, 1.807) is 0 Å². The van der Waals surface area contributed by atoms with Crippen LogP contribution < -0.4 is 5.32 Å². The van der Waals surface area contributed by atoms with Crippen molar-refractivity contribution in [2.75, 3.05) is 13.1 Å². The summed E-state index contributed by atoms with van der Waals surface area (Å²) >= 11 is 0. The van der Waals surface area contributed by atoms with E-state index in [2.05, 4.69) is 80.5 Å². The first kappa shape index (κ1) is 22.1. The van der Waals surface area contributed by atoms with Gasteiger partial charge in [-0.2, -0.15) is 0 Å². The van der Waals surface area contributed by atoms with Crippen molar-refractivity contribution < 1.29 is 4.79 Å². The van der Waals surface area contributed by atoms with Gasteiger partial charge in [0, 0.05) is 13.0 Å². The van der Waals surface area contributed by atoms with Gasteiger partial charge < -0.3 is 5.32 Å². The molecule has 26 heavy (non-hydrogen) atoms. The molecule has 0 aliphatic rings. The van der Waals surface area contributed by atoms with Crippen molar-refractivity contribution in [1.82, 2.24) is 10.2 Å². The van der Waals surface area contributed by atoms with Gasteiger partial charge >= 0.3 is 0 Å². The summed E-state index contributed by atoms with van der Waals surface area (Å²) in [5.74, 6) is 0.268. The number of amides is 1. The maximum atomic E-state index is 11.9. The molecule has 0 radical (unpaired) electrons. The van der Waals surface area contributed by atoms with E-state index < -0.39 is 0 Å². The fraction of sp³-hybridized carbons (Fsp3) is 0.545. The lowest BCUT2D eigenvalue weighted by molar-refractivity contribution is -0.120. The van der Waals surface area contributed by atoms with Gasteiger partial charge in [-0.1, -0.05) is 57.2 Å². The van der Waals surface area contributed by atoms with Crippen LogP contribution in [0.1, 0.15) is 57.6 Å². The third kappa shape index (κ3) is 10.1. The van der Waals surface area contributed by atoms with E-state index in [1.807, 2.05) is 0 Å². The number of aliphatic imine (C=N–C) groups is 1. The maximum Gasteiger partial charge on any atom is 0.225 e. The quantitative estimate of drug-likeness (QED) is 0.584. The van der Waals surface area contributed by atoms with E-state index in [-0.39, 0.29) is 5.91 Å². The molecule has 1 aromatic carbocycles. The van der Waals surface area contributed by atoms with E-state index >= 15 is 0 Å². The van der Waals surface area contributed by atoms with Gasteiger partial charge in [0.25, 0.3) is 0 Å². The van der Waals surface area contributed by atoms with Crippen molar-refractivity contribution in [3.8, 4) is 0 Å². The molecule has 0 atom stereocenters. The van der Waals surface area contributed by atoms with Gasteiger partial charge in [0.05, 0.1) is 0 Å². The number of benzene rings is 1. The summed E-state index contributed by atoms with van der Waals surface area (Å²) in [5, 5.41) is 2.64. The van der Waals surface area contributed by atoms with Crippen LogP contribution >= 0.6 is 0 Å². The Bertz CT molecular complexity index is 584. The zero-order valence-electron chi connectivity index (χ0n) is 17.0. The second-order valence-electron chi connectivity index (χ2n) is 8.18. The fourth-order valence-corrected chi connectivity index (χ4v) is 2.78. The highest BCUT2D eigenvalue weighted by atomic mass is 16.1. The molecule has 4 nitrogen and oxygen atoms in total. The van der Waals surface area contributed by atoms with Crippen LogP contribution in [0.15, 0.2) is 41.7 Å². The molecule has 4 heteroatoms. The number of rotatable bonds is 11. The Hall–Kier alpha value is -1.94. The molecular formula is C22H35N3O. The first-order valence-corrected chi connectivity index (χ1v) is 9.43. The lowest BCUT2D eigenvalue weighted by atomic mass is 9.90. The largest absolute Gasteiger partial charge is 0.311 e. The van der Waals surface area contributed by atoms with Gasteiger partial charge in [0.1, 0.15) is 5.82 Å². The highest BCUT2D eigenvalue weighted by molar-refractivity contribution is 5.77. The fourth-order valence-electron chi connectivity index (χ4n) is 2.78. The molecule has 0 saturated heterocycles. The van der Waals surface area contributed by atoms with Crippen LogP contribution in [-0.2, 0) is 11.3 Å². The number of aryl methyl sites for hydroxylation is 1. The highest BCUT2D eigenvalue weighted by Crippen LogP contribution is 2.21. The van der Waals surface area contributed by atoms with Gasteiger partial charge in [-0.25, -0.2) is 4.99 Å². The van der Waals surface area contributed by atoms with E-state index in [1.165, 1.54) is 24.0 Å². The molecule has 0 saturated carbocycles. The van der Waals surface area contributed by atoms with E-state index in [4.69, 9.17) is 0 Å². The predicted molar refractivity (Wildman–Crippen MR) is 111 cm³/mol. The highest BCUT2D eigenvalue weighted by Gasteiger charge is 2.13. The summed E-state index contributed by atoms with van der Waals surface area (Å²) in [5.41, 5.74) is 2.95. The number of hydrogen-bond acceptors (Lipinski definition) is 3. The number of hydrogen-bond donors (Lipinski definition) is 1. The summed E-state index contributed by atoms with van der Waals surface area (Å²) < 4.78 is 0. The Labute approximate surface area is 159 Å². The number of carbonyl (C=O) groups excluding carboxylic acids is 1. The van der Waals surface area contributed by atoms with Crippen molar-refractivity contribution in [1.29, 1.82) is 0 Å². The Morgan fingerprint density at radius 3 is 2.35 bits per heavy atom. The number of nitrogens with one attached hydrogen (secondary N) is 1. The third-order valence-electron chi connectivity index (χ3n) is 4.28. The second-order valence-corrected chi connectivity index (χ2v) is 8.18. The summed E-state index contributed by atoms with van der Waals surface area (Å²) in [6.07, 6.45) is 3.65. The van der Waals surface area contributed by atoms with Crippen LogP contribution in [0.3, 0.4) is 0 Å². The van der Waals surface area contributed by atoms with Crippen molar-refractivity contribution in [2.24, 2.45) is 10.4 Å². The molecule has 0 spiro atoms. The molecular weight excluding hydrogens is 322 g/mol. The first-order valence-electron chi connectivity index (χ1n) is 9.43. The van der Waals surface area contributed by atoms with Gasteiger partial charge in [-0.05, 0) is 57.0 Å². The molecule has 1 aromatic rings. The molecule has 0 bridgehead atoms. The lowest BCUT2D eigenvalue weighted by Gasteiger charge is -2.25. The Kier molecular flexibility index (Phi) is 9.28. The van der Waals surface area contributed by atoms with E-state index in [0.29, 0.717) is 17.7 Å². The Morgan fingerprint density at radius 1 is 1.15 bits per heavy atom. The normalized spacial score (nSPS) is 11.4. The second kappa shape index (κ2) is 10.9. The Balaban J connectivity index is 2.53. The molecule has 1 N–H and O–H groups in total. The average molecular weight is 358 g/mol. The van der Waals surface area contributed by atoms with Crippen molar-refractivity contribution in [3.05, 3.63) is 47.8 Å². The molecule has 0 aromatic heterocycles. The summed E-state index contributed by atoms with van der Waals surface area (Å²) in [6, 6.07) is 8.70. The van der Waals surface area contributed by atoms with Crippen molar-refractivity contribution in [2.45, 2.75) is 59.9 Å². The standard InChI is InChI=1S/C22H35N3O/c1-18-10-12-20(13-11-18)17-25(16-8-14-22(3,4)5)15-7-9-21(26)24-19(2)23-6/h10-13H,2,6-9,14-17H2,1,3-5H3,(H,24,26).